The molecule has 0 bridgehead atoms. The maximum atomic E-state index is 4.62. The molecule has 0 saturated carbocycles. The number of thiazole rings is 1. The number of aromatic nitrogens is 1. The first-order valence-corrected chi connectivity index (χ1v) is 6.86. The van der Waals surface area contributed by atoms with Crippen LogP contribution in [0.4, 0.5) is 0 Å². The normalized spacial score (nSPS) is 14.1. The van der Waals surface area contributed by atoms with E-state index in [-0.39, 0.29) is 5.41 Å². The van der Waals surface area contributed by atoms with Crippen LogP contribution >= 0.6 is 11.3 Å². The Morgan fingerprint density at radius 1 is 1.29 bits per heavy atom. The molecule has 2 rings (SSSR count). The van der Waals surface area contributed by atoms with Gasteiger partial charge in [-0.05, 0) is 24.5 Å². The number of benzene rings is 1. The number of hydrogen-bond acceptors (Lipinski definition) is 3. The van der Waals surface area contributed by atoms with Gasteiger partial charge in [0.15, 0.2) is 0 Å². The van der Waals surface area contributed by atoms with E-state index < -0.39 is 0 Å². The second kappa shape index (κ2) is 4.75. The van der Waals surface area contributed by atoms with E-state index >= 15 is 0 Å². The zero-order valence-electron chi connectivity index (χ0n) is 10.9. The number of hydrogen-bond donors (Lipinski definition) is 1. The van der Waals surface area contributed by atoms with Gasteiger partial charge in [-0.1, -0.05) is 32.9 Å². The molecule has 0 radical (unpaired) electrons. The van der Waals surface area contributed by atoms with Crippen LogP contribution in [-0.4, -0.2) is 11.0 Å². The van der Waals surface area contributed by atoms with Crippen LogP contribution < -0.4 is 5.32 Å². The van der Waals surface area contributed by atoms with Crippen molar-refractivity contribution in [3.8, 4) is 0 Å². The Kier molecular flexibility index (Phi) is 3.50. The Morgan fingerprint density at radius 2 is 2.00 bits per heavy atom. The lowest BCUT2D eigenvalue weighted by atomic mass is 9.88. The van der Waals surface area contributed by atoms with Crippen molar-refractivity contribution in [2.75, 3.05) is 0 Å². The van der Waals surface area contributed by atoms with Crippen molar-refractivity contribution in [3.05, 3.63) is 29.3 Å². The highest BCUT2D eigenvalue weighted by Gasteiger charge is 2.19. The average molecular weight is 248 g/mol. The van der Waals surface area contributed by atoms with Gasteiger partial charge in [-0.3, -0.25) is 0 Å². The number of nitrogens with zero attached hydrogens (tertiary/aromatic N) is 1. The van der Waals surface area contributed by atoms with E-state index in [0.29, 0.717) is 6.04 Å². The largest absolute Gasteiger partial charge is 0.307 e. The van der Waals surface area contributed by atoms with Crippen LogP contribution in [0.2, 0.25) is 0 Å². The predicted octanol–water partition coefficient (Wildman–Crippen LogP) is 3.82. The van der Waals surface area contributed by atoms with Gasteiger partial charge < -0.3 is 5.32 Å². The molecule has 0 saturated heterocycles. The molecule has 2 aromatic rings. The standard InChI is InChI=1S/C14H20N2S/c1-10(14(2,3)4)15-9-13-16-11-7-5-6-8-12(11)17-13/h5-8,10,15H,9H2,1-4H3. The highest BCUT2D eigenvalue weighted by molar-refractivity contribution is 7.18. The van der Waals surface area contributed by atoms with Gasteiger partial charge in [0.1, 0.15) is 5.01 Å². The van der Waals surface area contributed by atoms with Crippen molar-refractivity contribution in [1.29, 1.82) is 0 Å². The third-order valence-corrected chi connectivity index (χ3v) is 4.23. The zero-order valence-corrected chi connectivity index (χ0v) is 11.8. The van der Waals surface area contributed by atoms with Gasteiger partial charge in [0.25, 0.3) is 0 Å². The summed E-state index contributed by atoms with van der Waals surface area (Å²) in [5, 5.41) is 4.72. The molecule has 2 nitrogen and oxygen atoms in total. The Bertz CT molecular complexity index is 463. The van der Waals surface area contributed by atoms with Crippen LogP contribution in [-0.2, 0) is 6.54 Å². The molecule has 1 aromatic heterocycles. The minimum Gasteiger partial charge on any atom is -0.307 e. The first kappa shape index (κ1) is 12.5. The second-order valence-electron chi connectivity index (χ2n) is 5.54. The molecule has 1 atom stereocenters. The van der Waals surface area contributed by atoms with Crippen molar-refractivity contribution in [1.82, 2.24) is 10.3 Å². The van der Waals surface area contributed by atoms with Crippen LogP contribution in [0.1, 0.15) is 32.7 Å². The summed E-state index contributed by atoms with van der Waals surface area (Å²) in [6.45, 7) is 9.85. The summed E-state index contributed by atoms with van der Waals surface area (Å²) >= 11 is 1.78. The molecule has 92 valence electrons. The topological polar surface area (TPSA) is 24.9 Å². The number of fused-ring (bicyclic) bond motifs is 1. The Hall–Kier alpha value is -0.930. The van der Waals surface area contributed by atoms with Crippen LogP contribution in [0.15, 0.2) is 24.3 Å². The summed E-state index contributed by atoms with van der Waals surface area (Å²) in [6.07, 6.45) is 0. The molecule has 0 fully saturated rings. The minimum absolute atomic E-state index is 0.288. The van der Waals surface area contributed by atoms with Crippen LogP contribution in [0.25, 0.3) is 10.2 Å². The van der Waals surface area contributed by atoms with E-state index in [2.05, 4.69) is 56.2 Å². The molecule has 17 heavy (non-hydrogen) atoms. The van der Waals surface area contributed by atoms with Gasteiger partial charge in [-0.25, -0.2) is 4.98 Å². The monoisotopic (exact) mass is 248 g/mol. The van der Waals surface area contributed by atoms with E-state index in [0.717, 1.165) is 12.1 Å². The number of nitrogens with one attached hydrogen (secondary N) is 1. The molecular formula is C14H20N2S. The molecule has 0 spiro atoms. The average Bonchev–Trinajstić information content (AvgIpc) is 2.66. The third kappa shape index (κ3) is 3.05. The van der Waals surface area contributed by atoms with E-state index in [1.807, 2.05) is 6.07 Å². The maximum Gasteiger partial charge on any atom is 0.108 e. The molecule has 0 amide bonds. The smallest absolute Gasteiger partial charge is 0.108 e. The van der Waals surface area contributed by atoms with E-state index in [1.165, 1.54) is 9.71 Å². The van der Waals surface area contributed by atoms with Gasteiger partial charge in [0.05, 0.1) is 10.2 Å². The van der Waals surface area contributed by atoms with Gasteiger partial charge in [0, 0.05) is 12.6 Å². The van der Waals surface area contributed by atoms with E-state index in [4.69, 9.17) is 0 Å². The molecule has 1 N–H and O–H groups in total. The SMILES string of the molecule is CC(NCc1nc2ccccc2s1)C(C)(C)C. The molecule has 0 aliphatic rings. The van der Waals surface area contributed by atoms with Gasteiger partial charge in [-0.2, -0.15) is 0 Å². The first-order chi connectivity index (χ1) is 7.97. The summed E-state index contributed by atoms with van der Waals surface area (Å²) in [5.41, 5.74) is 1.40. The van der Waals surface area contributed by atoms with Crippen molar-refractivity contribution in [2.45, 2.75) is 40.3 Å². The first-order valence-electron chi connectivity index (χ1n) is 6.04. The quantitative estimate of drug-likeness (QED) is 0.893. The fraction of sp³-hybridized carbons (Fsp3) is 0.500. The fourth-order valence-electron chi connectivity index (χ4n) is 1.54. The van der Waals surface area contributed by atoms with Gasteiger partial charge in [0.2, 0.25) is 0 Å². The van der Waals surface area contributed by atoms with Crippen LogP contribution in [0.3, 0.4) is 0 Å². The van der Waals surface area contributed by atoms with Gasteiger partial charge >= 0.3 is 0 Å². The lowest BCUT2D eigenvalue weighted by Crippen LogP contribution is -2.37. The highest BCUT2D eigenvalue weighted by Crippen LogP contribution is 2.23. The van der Waals surface area contributed by atoms with Crippen molar-refractivity contribution >= 4 is 21.6 Å². The van der Waals surface area contributed by atoms with E-state index in [9.17, 15) is 0 Å². The molecule has 0 aliphatic heterocycles. The summed E-state index contributed by atoms with van der Waals surface area (Å²) in [7, 11) is 0. The summed E-state index contributed by atoms with van der Waals surface area (Å²) in [6, 6.07) is 8.79. The van der Waals surface area contributed by atoms with Crippen molar-refractivity contribution in [2.24, 2.45) is 5.41 Å². The molecule has 1 unspecified atom stereocenters. The lowest BCUT2D eigenvalue weighted by Gasteiger charge is -2.27. The third-order valence-electron chi connectivity index (χ3n) is 3.20. The van der Waals surface area contributed by atoms with Crippen LogP contribution in [0, 0.1) is 5.41 Å². The van der Waals surface area contributed by atoms with Crippen LogP contribution in [0.5, 0.6) is 0 Å². The Balaban J connectivity index is 2.04. The summed E-state index contributed by atoms with van der Waals surface area (Å²) in [4.78, 5) is 4.62. The summed E-state index contributed by atoms with van der Waals surface area (Å²) < 4.78 is 1.27. The predicted molar refractivity (Wildman–Crippen MR) is 75.4 cm³/mol. The molecule has 0 aliphatic carbocycles. The molecule has 1 heterocycles. The maximum absolute atomic E-state index is 4.62. The second-order valence-corrected chi connectivity index (χ2v) is 6.66. The molecular weight excluding hydrogens is 228 g/mol. The van der Waals surface area contributed by atoms with Crippen molar-refractivity contribution in [3.63, 3.8) is 0 Å². The van der Waals surface area contributed by atoms with Gasteiger partial charge in [-0.15, -0.1) is 11.3 Å². The van der Waals surface area contributed by atoms with E-state index in [1.54, 1.807) is 11.3 Å². The molecule has 1 aromatic carbocycles. The molecule has 3 heteroatoms. The van der Waals surface area contributed by atoms with Crippen molar-refractivity contribution < 1.29 is 0 Å². The Labute approximate surface area is 107 Å². The number of para-hydroxylation sites is 1. The fourth-order valence-corrected chi connectivity index (χ4v) is 2.46. The lowest BCUT2D eigenvalue weighted by molar-refractivity contribution is 0.285. The Morgan fingerprint density at radius 3 is 2.65 bits per heavy atom. The minimum atomic E-state index is 0.288. The highest BCUT2D eigenvalue weighted by atomic mass is 32.1. The zero-order chi connectivity index (χ0) is 12.5. The summed E-state index contributed by atoms with van der Waals surface area (Å²) in [5.74, 6) is 0. The number of rotatable bonds is 3.